The van der Waals surface area contributed by atoms with Crippen molar-refractivity contribution in [2.24, 2.45) is 11.8 Å². The number of carboxylic acids is 1. The number of carboxylic acid groups (broad SMARTS) is 1. The first-order valence-corrected chi connectivity index (χ1v) is 4.04. The molecule has 0 aromatic heterocycles. The number of hydrogen-bond acceptors (Lipinski definition) is 2. The van der Waals surface area contributed by atoms with Gasteiger partial charge in [-0.1, -0.05) is 6.92 Å². The molecule has 0 aromatic rings. The summed E-state index contributed by atoms with van der Waals surface area (Å²) in [6.45, 7) is 3.42. The molecule has 0 saturated carbocycles. The normalized spacial score (nSPS) is 20.8. The second-order valence-corrected chi connectivity index (χ2v) is 3.08. The van der Waals surface area contributed by atoms with Crippen LogP contribution in [0.3, 0.4) is 0 Å². The monoisotopic (exact) mass is 158 g/mol. The molecule has 11 heavy (non-hydrogen) atoms. The molecular formula is C8H14O3. The molecule has 1 saturated heterocycles. The molecule has 0 aromatic carbocycles. The van der Waals surface area contributed by atoms with Gasteiger partial charge in [-0.2, -0.15) is 0 Å². The van der Waals surface area contributed by atoms with E-state index in [0.29, 0.717) is 5.92 Å². The first-order chi connectivity index (χ1) is 5.24. The summed E-state index contributed by atoms with van der Waals surface area (Å²) in [6.07, 6.45) is 1.51. The molecule has 64 valence electrons. The molecular weight excluding hydrogens is 144 g/mol. The van der Waals surface area contributed by atoms with Gasteiger partial charge >= 0.3 is 5.97 Å². The van der Waals surface area contributed by atoms with Crippen LogP contribution in [0.4, 0.5) is 0 Å². The van der Waals surface area contributed by atoms with Crippen molar-refractivity contribution in [2.45, 2.75) is 19.8 Å². The Bertz CT molecular complexity index is 140. The van der Waals surface area contributed by atoms with Crippen LogP contribution in [0.15, 0.2) is 0 Å². The van der Waals surface area contributed by atoms with Gasteiger partial charge in [-0.3, -0.25) is 4.79 Å². The van der Waals surface area contributed by atoms with Crippen LogP contribution in [0, 0.1) is 11.8 Å². The smallest absolute Gasteiger partial charge is 0.306 e. The first kappa shape index (κ1) is 8.53. The van der Waals surface area contributed by atoms with E-state index in [0.717, 1.165) is 26.1 Å². The van der Waals surface area contributed by atoms with E-state index in [9.17, 15) is 4.79 Å². The Kier molecular flexibility index (Phi) is 2.88. The van der Waals surface area contributed by atoms with Gasteiger partial charge in [0.15, 0.2) is 0 Å². The molecule has 1 unspecified atom stereocenters. The molecule has 0 radical (unpaired) electrons. The second kappa shape index (κ2) is 3.72. The van der Waals surface area contributed by atoms with E-state index in [4.69, 9.17) is 9.84 Å². The molecule has 1 fully saturated rings. The molecule has 1 atom stereocenters. The first-order valence-electron chi connectivity index (χ1n) is 4.04. The lowest BCUT2D eigenvalue weighted by Crippen LogP contribution is -2.31. The van der Waals surface area contributed by atoms with Crippen molar-refractivity contribution < 1.29 is 14.6 Å². The van der Waals surface area contributed by atoms with Gasteiger partial charge in [0, 0.05) is 5.92 Å². The van der Waals surface area contributed by atoms with Crippen LogP contribution in [0.5, 0.6) is 0 Å². The van der Waals surface area contributed by atoms with Crippen LogP contribution in [-0.4, -0.2) is 24.3 Å². The minimum absolute atomic E-state index is 0.163. The average Bonchev–Trinajstić information content (AvgIpc) is 1.85. The van der Waals surface area contributed by atoms with Gasteiger partial charge in [0.25, 0.3) is 0 Å². The predicted octanol–water partition coefficient (Wildman–Crippen LogP) is 1.13. The van der Waals surface area contributed by atoms with Crippen LogP contribution < -0.4 is 0 Å². The third kappa shape index (κ3) is 2.19. The summed E-state index contributed by atoms with van der Waals surface area (Å²) < 4.78 is 4.97. The maximum Gasteiger partial charge on any atom is 0.306 e. The van der Waals surface area contributed by atoms with E-state index >= 15 is 0 Å². The van der Waals surface area contributed by atoms with Gasteiger partial charge in [0.2, 0.25) is 0 Å². The van der Waals surface area contributed by atoms with Gasteiger partial charge in [0.1, 0.15) is 0 Å². The Balaban J connectivity index is 2.24. The number of carbonyl (C=O) groups is 1. The SMILES string of the molecule is CCC(CC1COC1)C(=O)O. The third-order valence-corrected chi connectivity index (χ3v) is 2.17. The zero-order valence-corrected chi connectivity index (χ0v) is 6.75. The molecule has 0 aliphatic carbocycles. The number of ether oxygens (including phenoxy) is 1. The molecule has 0 amide bonds. The van der Waals surface area contributed by atoms with Gasteiger partial charge in [-0.15, -0.1) is 0 Å². The Morgan fingerprint density at radius 1 is 1.73 bits per heavy atom. The summed E-state index contributed by atoms with van der Waals surface area (Å²) in [5, 5.41) is 8.70. The summed E-state index contributed by atoms with van der Waals surface area (Å²) in [6, 6.07) is 0. The number of hydrogen-bond donors (Lipinski definition) is 1. The summed E-state index contributed by atoms with van der Waals surface area (Å²) in [7, 11) is 0. The Morgan fingerprint density at radius 2 is 2.36 bits per heavy atom. The van der Waals surface area contributed by atoms with Crippen LogP contribution in [0.2, 0.25) is 0 Å². The minimum atomic E-state index is -0.667. The average molecular weight is 158 g/mol. The van der Waals surface area contributed by atoms with E-state index in [-0.39, 0.29) is 5.92 Å². The standard InChI is InChI=1S/C8H14O3/c1-2-7(8(9)10)3-6-4-11-5-6/h6-7H,2-5H2,1H3,(H,9,10). The fourth-order valence-corrected chi connectivity index (χ4v) is 1.27. The molecule has 1 aliphatic heterocycles. The lowest BCUT2D eigenvalue weighted by atomic mass is 9.91. The summed E-state index contributed by atoms with van der Waals surface area (Å²) >= 11 is 0. The Hall–Kier alpha value is -0.570. The van der Waals surface area contributed by atoms with E-state index in [1.54, 1.807) is 0 Å². The summed E-state index contributed by atoms with van der Waals surface area (Å²) in [5.41, 5.74) is 0. The Morgan fingerprint density at radius 3 is 2.64 bits per heavy atom. The van der Waals surface area contributed by atoms with Crippen molar-refractivity contribution in [2.75, 3.05) is 13.2 Å². The topological polar surface area (TPSA) is 46.5 Å². The summed E-state index contributed by atoms with van der Waals surface area (Å²) in [4.78, 5) is 10.6. The lowest BCUT2D eigenvalue weighted by Gasteiger charge is -2.27. The zero-order valence-electron chi connectivity index (χ0n) is 6.75. The van der Waals surface area contributed by atoms with Crippen LogP contribution in [0.1, 0.15) is 19.8 Å². The molecule has 3 heteroatoms. The van der Waals surface area contributed by atoms with Crippen molar-refractivity contribution >= 4 is 5.97 Å². The van der Waals surface area contributed by atoms with Gasteiger partial charge in [0.05, 0.1) is 19.1 Å². The molecule has 1 aliphatic rings. The minimum Gasteiger partial charge on any atom is -0.481 e. The largest absolute Gasteiger partial charge is 0.481 e. The van der Waals surface area contributed by atoms with Crippen LogP contribution >= 0.6 is 0 Å². The van der Waals surface area contributed by atoms with Crippen LogP contribution in [-0.2, 0) is 9.53 Å². The quantitative estimate of drug-likeness (QED) is 0.667. The summed E-state index contributed by atoms with van der Waals surface area (Å²) in [5.74, 6) is -0.334. The third-order valence-electron chi connectivity index (χ3n) is 2.17. The van der Waals surface area contributed by atoms with Crippen molar-refractivity contribution in [3.8, 4) is 0 Å². The molecule has 1 rings (SSSR count). The molecule has 0 spiro atoms. The zero-order chi connectivity index (χ0) is 8.27. The van der Waals surface area contributed by atoms with E-state index in [1.807, 2.05) is 6.92 Å². The van der Waals surface area contributed by atoms with Gasteiger partial charge < -0.3 is 9.84 Å². The highest BCUT2D eigenvalue weighted by Crippen LogP contribution is 2.21. The molecule has 1 heterocycles. The number of aliphatic carboxylic acids is 1. The second-order valence-electron chi connectivity index (χ2n) is 3.08. The van der Waals surface area contributed by atoms with Crippen LogP contribution in [0.25, 0.3) is 0 Å². The predicted molar refractivity (Wildman–Crippen MR) is 40.3 cm³/mol. The maximum atomic E-state index is 10.6. The van der Waals surface area contributed by atoms with Crippen molar-refractivity contribution in [3.05, 3.63) is 0 Å². The van der Waals surface area contributed by atoms with Gasteiger partial charge in [-0.05, 0) is 12.8 Å². The fourth-order valence-electron chi connectivity index (χ4n) is 1.27. The van der Waals surface area contributed by atoms with Crippen molar-refractivity contribution in [3.63, 3.8) is 0 Å². The highest BCUT2D eigenvalue weighted by Gasteiger charge is 2.25. The highest BCUT2D eigenvalue weighted by atomic mass is 16.5. The highest BCUT2D eigenvalue weighted by molar-refractivity contribution is 5.69. The van der Waals surface area contributed by atoms with Crippen molar-refractivity contribution in [1.29, 1.82) is 0 Å². The fraction of sp³-hybridized carbons (Fsp3) is 0.875. The molecule has 0 bridgehead atoms. The lowest BCUT2D eigenvalue weighted by molar-refractivity contribution is -0.144. The number of rotatable bonds is 4. The van der Waals surface area contributed by atoms with E-state index in [2.05, 4.69) is 0 Å². The Labute approximate surface area is 66.4 Å². The van der Waals surface area contributed by atoms with E-state index in [1.165, 1.54) is 0 Å². The molecule has 3 nitrogen and oxygen atoms in total. The van der Waals surface area contributed by atoms with Crippen molar-refractivity contribution in [1.82, 2.24) is 0 Å². The molecule has 1 N–H and O–H groups in total. The van der Waals surface area contributed by atoms with E-state index < -0.39 is 5.97 Å². The van der Waals surface area contributed by atoms with Gasteiger partial charge in [-0.25, -0.2) is 0 Å². The maximum absolute atomic E-state index is 10.6.